The van der Waals surface area contributed by atoms with Gasteiger partial charge in [0, 0.05) is 5.56 Å². The van der Waals surface area contributed by atoms with E-state index in [1.54, 1.807) is 0 Å². The van der Waals surface area contributed by atoms with Gasteiger partial charge in [0.2, 0.25) is 0 Å². The van der Waals surface area contributed by atoms with E-state index in [0.717, 1.165) is 12.1 Å². The number of nitrogens with zero attached hydrogens (tertiary/aromatic N) is 1. The lowest BCUT2D eigenvalue weighted by molar-refractivity contribution is -0.137. The van der Waals surface area contributed by atoms with Crippen LogP contribution < -0.4 is 11.6 Å². The maximum absolute atomic E-state index is 12.2. The van der Waals surface area contributed by atoms with Gasteiger partial charge in [0.25, 0.3) is 0 Å². The first-order valence-corrected chi connectivity index (χ1v) is 3.66. The van der Waals surface area contributed by atoms with Crippen LogP contribution in [0.25, 0.3) is 0 Å². The molecule has 0 saturated heterocycles. The van der Waals surface area contributed by atoms with E-state index in [2.05, 4.69) is 5.10 Å². The van der Waals surface area contributed by atoms with Gasteiger partial charge in [0.15, 0.2) is 0 Å². The molecule has 76 valence electrons. The second-order valence-electron chi connectivity index (χ2n) is 2.59. The molecule has 1 aromatic rings. The third kappa shape index (κ3) is 2.15. The van der Waals surface area contributed by atoms with E-state index >= 15 is 0 Å². The Kier molecular flexibility index (Phi) is 2.64. The topological polar surface area (TPSA) is 64.4 Å². The van der Waals surface area contributed by atoms with E-state index < -0.39 is 11.7 Å². The summed E-state index contributed by atoms with van der Waals surface area (Å²) in [5, 5.41) is 3.11. The summed E-state index contributed by atoms with van der Waals surface area (Å²) in [5.41, 5.74) is 4.64. The SMILES string of the molecule is N/N=C(/N)c1cccc(C(F)(F)F)c1. The summed E-state index contributed by atoms with van der Waals surface area (Å²) in [7, 11) is 0. The van der Waals surface area contributed by atoms with Gasteiger partial charge in [-0.25, -0.2) is 0 Å². The minimum Gasteiger partial charge on any atom is -0.382 e. The second kappa shape index (κ2) is 3.57. The molecular weight excluding hydrogens is 195 g/mol. The van der Waals surface area contributed by atoms with Gasteiger partial charge in [-0.05, 0) is 12.1 Å². The Bertz CT molecular complexity index is 357. The van der Waals surface area contributed by atoms with Crippen molar-refractivity contribution in [2.24, 2.45) is 16.7 Å². The average Bonchev–Trinajstić information content (AvgIpc) is 2.15. The maximum Gasteiger partial charge on any atom is 0.416 e. The van der Waals surface area contributed by atoms with E-state index in [4.69, 9.17) is 11.6 Å². The third-order valence-corrected chi connectivity index (χ3v) is 1.62. The Hall–Kier alpha value is -1.72. The zero-order valence-electron chi connectivity index (χ0n) is 7.05. The summed E-state index contributed by atoms with van der Waals surface area (Å²) in [6.45, 7) is 0. The van der Waals surface area contributed by atoms with Crippen molar-refractivity contribution in [1.82, 2.24) is 0 Å². The largest absolute Gasteiger partial charge is 0.416 e. The number of alkyl halides is 3. The molecule has 1 rings (SSSR count). The van der Waals surface area contributed by atoms with Crippen LogP contribution in [0.4, 0.5) is 13.2 Å². The first-order valence-electron chi connectivity index (χ1n) is 3.66. The Morgan fingerprint density at radius 1 is 1.29 bits per heavy atom. The lowest BCUT2D eigenvalue weighted by atomic mass is 10.1. The molecule has 1 aromatic carbocycles. The molecule has 0 spiro atoms. The fourth-order valence-corrected chi connectivity index (χ4v) is 0.929. The molecule has 4 N–H and O–H groups in total. The highest BCUT2D eigenvalue weighted by molar-refractivity contribution is 5.97. The number of benzene rings is 1. The van der Waals surface area contributed by atoms with Gasteiger partial charge in [-0.3, -0.25) is 0 Å². The van der Waals surface area contributed by atoms with E-state index in [1.165, 1.54) is 12.1 Å². The van der Waals surface area contributed by atoms with Crippen molar-refractivity contribution >= 4 is 5.84 Å². The highest BCUT2D eigenvalue weighted by atomic mass is 19.4. The van der Waals surface area contributed by atoms with Crippen molar-refractivity contribution in [1.29, 1.82) is 0 Å². The Labute approximate surface area is 78.2 Å². The molecule has 0 bridgehead atoms. The molecule has 0 fully saturated rings. The summed E-state index contributed by atoms with van der Waals surface area (Å²) >= 11 is 0. The van der Waals surface area contributed by atoms with Gasteiger partial charge in [-0.1, -0.05) is 12.1 Å². The fourth-order valence-electron chi connectivity index (χ4n) is 0.929. The van der Waals surface area contributed by atoms with Crippen molar-refractivity contribution in [3.8, 4) is 0 Å². The van der Waals surface area contributed by atoms with E-state index in [0.29, 0.717) is 0 Å². The number of nitrogens with two attached hydrogens (primary N) is 2. The summed E-state index contributed by atoms with van der Waals surface area (Å²) < 4.78 is 36.7. The molecule has 0 radical (unpaired) electrons. The first kappa shape index (κ1) is 10.4. The number of rotatable bonds is 1. The number of hydrogen-bond donors (Lipinski definition) is 2. The van der Waals surface area contributed by atoms with Gasteiger partial charge in [0.05, 0.1) is 5.56 Å². The van der Waals surface area contributed by atoms with Crippen LogP contribution in [0.3, 0.4) is 0 Å². The first-order chi connectivity index (χ1) is 6.45. The zero-order valence-corrected chi connectivity index (χ0v) is 7.05. The lowest BCUT2D eigenvalue weighted by Crippen LogP contribution is -2.16. The molecule has 0 aliphatic carbocycles. The lowest BCUT2D eigenvalue weighted by Gasteiger charge is -2.07. The molecule has 3 nitrogen and oxygen atoms in total. The molecule has 0 saturated carbocycles. The predicted octanol–water partition coefficient (Wildman–Crippen LogP) is 1.28. The van der Waals surface area contributed by atoms with Crippen LogP contribution in [0, 0.1) is 0 Å². The molecule has 0 unspecified atom stereocenters. The Morgan fingerprint density at radius 3 is 2.43 bits per heavy atom. The van der Waals surface area contributed by atoms with Crippen LogP contribution in [0.15, 0.2) is 29.4 Å². The molecule has 14 heavy (non-hydrogen) atoms. The molecule has 0 aliphatic heterocycles. The van der Waals surface area contributed by atoms with E-state index in [9.17, 15) is 13.2 Å². The van der Waals surface area contributed by atoms with Crippen LogP contribution in [0.2, 0.25) is 0 Å². The number of halogens is 3. The third-order valence-electron chi connectivity index (χ3n) is 1.62. The minimum atomic E-state index is -4.38. The van der Waals surface area contributed by atoms with Gasteiger partial charge in [0.1, 0.15) is 5.84 Å². The van der Waals surface area contributed by atoms with Crippen molar-refractivity contribution in [3.63, 3.8) is 0 Å². The average molecular weight is 203 g/mol. The van der Waals surface area contributed by atoms with Crippen molar-refractivity contribution < 1.29 is 13.2 Å². The summed E-state index contributed by atoms with van der Waals surface area (Å²) in [5.74, 6) is 4.72. The molecule has 0 amide bonds. The van der Waals surface area contributed by atoms with Crippen molar-refractivity contribution in [2.75, 3.05) is 0 Å². The van der Waals surface area contributed by atoms with Crippen molar-refractivity contribution in [2.45, 2.75) is 6.18 Å². The van der Waals surface area contributed by atoms with Crippen LogP contribution in [-0.4, -0.2) is 5.84 Å². The fraction of sp³-hybridized carbons (Fsp3) is 0.125. The summed E-state index contributed by atoms with van der Waals surface area (Å²) in [6, 6.07) is 4.50. The molecular formula is C8H8F3N3. The van der Waals surface area contributed by atoms with Gasteiger partial charge in [-0.15, -0.1) is 0 Å². The Morgan fingerprint density at radius 2 is 1.93 bits per heavy atom. The normalized spacial score (nSPS) is 12.9. The van der Waals surface area contributed by atoms with Crippen molar-refractivity contribution in [3.05, 3.63) is 35.4 Å². The predicted molar refractivity (Wildman–Crippen MR) is 46.4 cm³/mol. The van der Waals surface area contributed by atoms with Crippen LogP contribution in [0.5, 0.6) is 0 Å². The Balaban J connectivity index is 3.14. The molecule has 6 heteroatoms. The molecule has 0 aliphatic rings. The maximum atomic E-state index is 12.2. The van der Waals surface area contributed by atoms with E-state index in [-0.39, 0.29) is 11.4 Å². The standard InChI is InChI=1S/C8H8F3N3/c9-8(10,11)6-3-1-2-5(4-6)7(12)14-13/h1-4H,13H2,(H2,12,14). The smallest absolute Gasteiger partial charge is 0.382 e. The highest BCUT2D eigenvalue weighted by Gasteiger charge is 2.30. The molecule has 0 aromatic heterocycles. The molecule has 0 heterocycles. The minimum absolute atomic E-state index is 0.129. The van der Waals surface area contributed by atoms with Crippen LogP contribution in [-0.2, 0) is 6.18 Å². The van der Waals surface area contributed by atoms with Crippen LogP contribution in [0.1, 0.15) is 11.1 Å². The number of hydrazone groups is 1. The quantitative estimate of drug-likeness (QED) is 0.312. The molecule has 0 atom stereocenters. The second-order valence-corrected chi connectivity index (χ2v) is 2.59. The van der Waals surface area contributed by atoms with Gasteiger partial charge in [-0.2, -0.15) is 18.3 Å². The van der Waals surface area contributed by atoms with Gasteiger partial charge < -0.3 is 11.6 Å². The van der Waals surface area contributed by atoms with Crippen LogP contribution >= 0.6 is 0 Å². The number of amidine groups is 1. The zero-order chi connectivity index (χ0) is 10.8. The number of hydrogen-bond acceptors (Lipinski definition) is 2. The monoisotopic (exact) mass is 203 g/mol. The van der Waals surface area contributed by atoms with E-state index in [1.807, 2.05) is 0 Å². The summed E-state index contributed by atoms with van der Waals surface area (Å²) in [4.78, 5) is 0. The van der Waals surface area contributed by atoms with Gasteiger partial charge >= 0.3 is 6.18 Å². The summed E-state index contributed by atoms with van der Waals surface area (Å²) in [6.07, 6.45) is -4.38. The highest BCUT2D eigenvalue weighted by Crippen LogP contribution is 2.29.